The molecule has 0 fully saturated rings. The second-order valence-electron chi connectivity index (χ2n) is 15.9. The summed E-state index contributed by atoms with van der Waals surface area (Å²) in [5.41, 5.74) is 7.97. The van der Waals surface area contributed by atoms with Gasteiger partial charge in [-0.05, 0) is 104 Å². The Kier molecular flexibility index (Phi) is 7.37. The van der Waals surface area contributed by atoms with Gasteiger partial charge in [-0.15, -0.1) is 0 Å². The van der Waals surface area contributed by atoms with E-state index in [0.29, 0.717) is 33.9 Å². The average molecular weight is 867 g/mol. The van der Waals surface area contributed by atoms with Crippen molar-refractivity contribution in [2.75, 3.05) is 0 Å². The van der Waals surface area contributed by atoms with Gasteiger partial charge in [0, 0.05) is 27.5 Å². The molecule has 0 amide bonds. The maximum Gasteiger partial charge on any atom is 0.166 e. The summed E-state index contributed by atoms with van der Waals surface area (Å²) in [4.78, 5) is 15.5. The van der Waals surface area contributed by atoms with Crippen molar-refractivity contribution < 1.29 is 16.4 Å². The van der Waals surface area contributed by atoms with Crippen LogP contribution in [0, 0.1) is 0 Å². The lowest BCUT2D eigenvalue weighted by Gasteiger charge is -2.17. The average Bonchev–Trinajstić information content (AvgIpc) is 3.25. The molecule has 2 aromatic heterocycles. The first kappa shape index (κ1) is 28.7. The fourth-order valence-electron chi connectivity index (χ4n) is 8.52. The van der Waals surface area contributed by atoms with Crippen LogP contribution in [0.1, 0.15) is 16.4 Å². The Morgan fingerprint density at radius 2 is 0.746 bits per heavy atom. The molecule has 0 saturated carbocycles. The normalized spacial score (nSPS) is 13.8. The first-order chi connectivity index (χ1) is 38.2. The van der Waals surface area contributed by atoms with Gasteiger partial charge in [0.05, 0.1) is 33.2 Å². The lowest BCUT2D eigenvalue weighted by molar-refractivity contribution is 1.06. The Labute approximate surface area is 406 Å². The Balaban J connectivity index is 1.21. The first-order valence-corrected chi connectivity index (χ1v) is 21.7. The Morgan fingerprint density at radius 3 is 1.36 bits per heavy atom. The van der Waals surface area contributed by atoms with Gasteiger partial charge in [0.2, 0.25) is 0 Å². The molecule has 4 heteroatoms. The van der Waals surface area contributed by atoms with E-state index < -0.39 is 83.6 Å². The Hall–Kier alpha value is -8.99. The lowest BCUT2D eigenvalue weighted by atomic mass is 9.92. The Morgan fingerprint density at radius 1 is 0.299 bits per heavy atom. The van der Waals surface area contributed by atoms with Crippen LogP contribution in [0.15, 0.2) is 255 Å². The molecule has 0 aliphatic carbocycles. The molecule has 12 aromatic rings. The van der Waals surface area contributed by atoms with Crippen molar-refractivity contribution in [1.82, 2.24) is 19.5 Å². The monoisotopic (exact) mass is 866 g/mol. The number of para-hydroxylation sites is 1. The van der Waals surface area contributed by atoms with Crippen LogP contribution in [0.5, 0.6) is 0 Å². The van der Waals surface area contributed by atoms with Gasteiger partial charge in [-0.2, -0.15) is 0 Å². The van der Waals surface area contributed by atoms with Gasteiger partial charge >= 0.3 is 0 Å². The highest BCUT2D eigenvalue weighted by Gasteiger charge is 2.21. The van der Waals surface area contributed by atoms with Gasteiger partial charge in [0.15, 0.2) is 17.5 Å². The van der Waals surface area contributed by atoms with Crippen LogP contribution >= 0.6 is 0 Å². The number of rotatable bonds is 9. The molecule has 0 unspecified atom stereocenters. The van der Waals surface area contributed by atoms with Crippen LogP contribution in [-0.2, 0) is 0 Å². The summed E-state index contributed by atoms with van der Waals surface area (Å²) in [6.45, 7) is 0. The third-order valence-corrected chi connectivity index (χ3v) is 11.8. The van der Waals surface area contributed by atoms with Crippen LogP contribution in [0.3, 0.4) is 0 Å². The third kappa shape index (κ3) is 7.67. The van der Waals surface area contributed by atoms with E-state index in [1.165, 1.54) is 4.57 Å². The number of benzene rings is 10. The summed E-state index contributed by atoms with van der Waals surface area (Å²) in [6.07, 6.45) is 0. The highest BCUT2D eigenvalue weighted by Crippen LogP contribution is 2.41. The maximum absolute atomic E-state index is 9.88. The molecule has 10 aromatic carbocycles. The van der Waals surface area contributed by atoms with E-state index in [9.17, 15) is 6.85 Å². The number of aromatic nitrogens is 4. The molecule has 0 aliphatic rings. The smallest absolute Gasteiger partial charge is 0.166 e. The van der Waals surface area contributed by atoms with Crippen LogP contribution in [-0.4, -0.2) is 19.5 Å². The molecule has 0 atom stereocenters. The van der Waals surface area contributed by atoms with Crippen molar-refractivity contribution in [1.29, 1.82) is 0 Å². The molecule has 4 nitrogen and oxygen atoms in total. The van der Waals surface area contributed by atoms with E-state index in [1.54, 1.807) is 6.07 Å². The topological polar surface area (TPSA) is 43.6 Å². The fraction of sp³-hybridized carbons (Fsp3) is 0. The summed E-state index contributed by atoms with van der Waals surface area (Å²) in [5, 5.41) is -0.367. The van der Waals surface area contributed by atoms with Gasteiger partial charge < -0.3 is 4.57 Å². The molecule has 0 saturated heterocycles. The molecule has 12 rings (SSSR count). The maximum atomic E-state index is 9.88. The van der Waals surface area contributed by atoms with Crippen LogP contribution in [0.25, 0.3) is 117 Å². The van der Waals surface area contributed by atoms with Gasteiger partial charge in [-0.3, -0.25) is 0 Å². The molecule has 0 bridgehead atoms. The van der Waals surface area contributed by atoms with E-state index >= 15 is 0 Å². The second kappa shape index (κ2) is 17.2. The number of fused-ring (bicyclic) bond motifs is 3. The van der Waals surface area contributed by atoms with Crippen molar-refractivity contribution in [3.05, 3.63) is 255 Å². The van der Waals surface area contributed by atoms with Crippen molar-refractivity contribution in [2.24, 2.45) is 0 Å². The summed E-state index contributed by atoms with van der Waals surface area (Å²) in [7, 11) is 0. The SMILES string of the molecule is [2H]c1c([2H])c([2H])c(-c2c([2H])c([2H])c3c(c2[2H])c2c([2H])c([2H])c([2H])c([2H])c2n3-c2ccc(-c3cc(-c4ccccc4)cc(-c4ccccc4)c3)cc2-c2nc(-c3ccccc3)nc(-c3ccc(-c4ccccc4)cc3)n2)c([2H])c1[2H]. The zero-order valence-corrected chi connectivity index (χ0v) is 35.6. The predicted octanol–water partition coefficient (Wildman–Crippen LogP) is 16.3. The zero-order valence-electron chi connectivity index (χ0n) is 47.6. The molecule has 2 heterocycles. The molecular formula is C63H42N4. The summed E-state index contributed by atoms with van der Waals surface area (Å²) in [5.74, 6) is 0.773. The minimum Gasteiger partial charge on any atom is -0.309 e. The number of hydrogen-bond acceptors (Lipinski definition) is 3. The highest BCUT2D eigenvalue weighted by molar-refractivity contribution is 6.11. The van der Waals surface area contributed by atoms with Crippen LogP contribution in [0.4, 0.5) is 0 Å². The molecule has 0 aliphatic heterocycles. The Bertz CT molecular complexity index is 4340. The molecule has 0 spiro atoms. The summed E-state index contributed by atoms with van der Waals surface area (Å²) >= 11 is 0. The van der Waals surface area contributed by atoms with Crippen molar-refractivity contribution in [3.63, 3.8) is 0 Å². The van der Waals surface area contributed by atoms with Crippen LogP contribution in [0.2, 0.25) is 0 Å². The van der Waals surface area contributed by atoms with Crippen molar-refractivity contribution in [2.45, 2.75) is 0 Å². The second-order valence-corrected chi connectivity index (χ2v) is 15.9. The predicted molar refractivity (Wildman–Crippen MR) is 278 cm³/mol. The molecule has 0 radical (unpaired) electrons. The van der Waals surface area contributed by atoms with Crippen molar-refractivity contribution >= 4 is 21.8 Å². The summed E-state index contributed by atoms with van der Waals surface area (Å²) in [6, 6.07) is 51.4. The number of nitrogens with zero attached hydrogens (tertiary/aromatic N) is 4. The van der Waals surface area contributed by atoms with E-state index in [4.69, 9.17) is 24.5 Å². The summed E-state index contributed by atoms with van der Waals surface area (Å²) < 4.78 is 111. The van der Waals surface area contributed by atoms with Gasteiger partial charge in [0.1, 0.15) is 0 Å². The zero-order chi connectivity index (χ0) is 55.0. The molecule has 314 valence electrons. The number of hydrogen-bond donors (Lipinski definition) is 0. The minimum absolute atomic E-state index is 0.138. The lowest BCUT2D eigenvalue weighted by Crippen LogP contribution is -2.04. The first-order valence-electron chi connectivity index (χ1n) is 27.7. The minimum atomic E-state index is -0.709. The van der Waals surface area contributed by atoms with E-state index in [1.807, 2.05) is 158 Å². The molecular weight excluding hydrogens is 813 g/mol. The highest BCUT2D eigenvalue weighted by atomic mass is 15.1. The van der Waals surface area contributed by atoms with Gasteiger partial charge in [-0.1, -0.05) is 206 Å². The van der Waals surface area contributed by atoms with Crippen LogP contribution < -0.4 is 0 Å². The quantitative estimate of drug-likeness (QED) is 0.145. The fourth-order valence-corrected chi connectivity index (χ4v) is 8.52. The van der Waals surface area contributed by atoms with Gasteiger partial charge in [0.25, 0.3) is 0 Å². The van der Waals surface area contributed by atoms with Crippen molar-refractivity contribution in [3.8, 4) is 95.5 Å². The van der Waals surface area contributed by atoms with E-state index in [2.05, 4.69) is 18.2 Å². The van der Waals surface area contributed by atoms with Gasteiger partial charge in [-0.25, -0.2) is 15.0 Å². The van der Waals surface area contributed by atoms with E-state index in [0.717, 1.165) is 38.9 Å². The van der Waals surface area contributed by atoms with E-state index in [-0.39, 0.29) is 33.3 Å². The largest absolute Gasteiger partial charge is 0.309 e. The molecule has 67 heavy (non-hydrogen) atoms. The molecule has 0 N–H and O–H groups in total. The third-order valence-electron chi connectivity index (χ3n) is 11.8. The standard InChI is InChI=1S/C63H42N4/c1-6-18-43(19-7-1)47-30-32-49(33-31-47)62-64-61(48-26-14-5-15-27-48)65-63(66-62)57-42-51(54-39-52(45-22-10-3-11-23-45)38-53(40-54)46-24-12-4-13-25-46)35-37-60(57)67-58-29-17-16-28-55(58)56-41-50(34-36-59(56)67)44-20-8-2-9-21-44/h1-42H/i2D,8D,9D,16D,17D,20D,21D,28D,29D,34D,36D,41D.